The third-order valence-corrected chi connectivity index (χ3v) is 2.18. The Balaban J connectivity index is 2.89. The minimum absolute atomic E-state index is 0.0861. The number of methoxy groups -OCH3 is 1. The van der Waals surface area contributed by atoms with Crippen LogP contribution in [0.15, 0.2) is 18.2 Å². The van der Waals surface area contributed by atoms with E-state index in [2.05, 4.69) is 5.32 Å². The van der Waals surface area contributed by atoms with Gasteiger partial charge in [-0.05, 0) is 26.0 Å². The van der Waals surface area contributed by atoms with Gasteiger partial charge in [-0.2, -0.15) is 0 Å². The normalized spacial score (nSPS) is 10.2. The lowest BCUT2D eigenvalue weighted by Gasteiger charge is -2.13. The zero-order valence-electron chi connectivity index (χ0n) is 10.1. The van der Waals surface area contributed by atoms with E-state index >= 15 is 0 Å². The SMILES string of the molecule is COc1cc(OC(C)C)ccc1NC(=O)CCl. The molecule has 0 unspecified atom stereocenters. The lowest BCUT2D eigenvalue weighted by molar-refractivity contribution is -0.113. The smallest absolute Gasteiger partial charge is 0.239 e. The van der Waals surface area contributed by atoms with Crippen LogP contribution in [0.1, 0.15) is 13.8 Å². The summed E-state index contributed by atoms with van der Waals surface area (Å²) in [5.41, 5.74) is 0.578. The fourth-order valence-electron chi connectivity index (χ4n) is 1.30. The molecule has 1 amide bonds. The van der Waals surface area contributed by atoms with E-state index in [-0.39, 0.29) is 17.9 Å². The summed E-state index contributed by atoms with van der Waals surface area (Å²) in [6.07, 6.45) is 0.0861. The van der Waals surface area contributed by atoms with Gasteiger partial charge in [0.15, 0.2) is 0 Å². The molecule has 0 atom stereocenters. The predicted octanol–water partition coefficient (Wildman–Crippen LogP) is 2.66. The zero-order chi connectivity index (χ0) is 12.8. The maximum Gasteiger partial charge on any atom is 0.239 e. The number of carbonyl (C=O) groups excluding carboxylic acids is 1. The summed E-state index contributed by atoms with van der Waals surface area (Å²) in [4.78, 5) is 11.2. The predicted molar refractivity (Wildman–Crippen MR) is 68.1 cm³/mol. The monoisotopic (exact) mass is 257 g/mol. The molecule has 0 heterocycles. The summed E-state index contributed by atoms with van der Waals surface area (Å²) in [6.45, 7) is 3.88. The Morgan fingerprint density at radius 2 is 2.18 bits per heavy atom. The topological polar surface area (TPSA) is 47.6 Å². The van der Waals surface area contributed by atoms with Crippen molar-refractivity contribution >= 4 is 23.2 Å². The number of hydrogen-bond donors (Lipinski definition) is 1. The highest BCUT2D eigenvalue weighted by atomic mass is 35.5. The molecule has 0 aliphatic rings. The van der Waals surface area contributed by atoms with Gasteiger partial charge in [-0.3, -0.25) is 4.79 Å². The van der Waals surface area contributed by atoms with E-state index in [0.717, 1.165) is 0 Å². The largest absolute Gasteiger partial charge is 0.494 e. The standard InChI is InChI=1S/C12H16ClNO3/c1-8(2)17-9-4-5-10(11(6-9)16-3)14-12(15)7-13/h4-6,8H,7H2,1-3H3,(H,14,15). The Morgan fingerprint density at radius 3 is 2.71 bits per heavy atom. The molecule has 94 valence electrons. The molecule has 1 N–H and O–H groups in total. The van der Waals surface area contributed by atoms with Gasteiger partial charge in [0.25, 0.3) is 0 Å². The Morgan fingerprint density at radius 1 is 1.47 bits per heavy atom. The molecule has 1 aromatic rings. The van der Waals surface area contributed by atoms with Gasteiger partial charge in [0.05, 0.1) is 18.9 Å². The second kappa shape index (κ2) is 6.35. The van der Waals surface area contributed by atoms with E-state index in [1.54, 1.807) is 18.2 Å². The van der Waals surface area contributed by atoms with Crippen LogP contribution >= 0.6 is 11.6 Å². The molecule has 5 heteroatoms. The molecule has 0 bridgehead atoms. The Bertz CT molecular complexity index is 393. The first kappa shape index (κ1) is 13.6. The van der Waals surface area contributed by atoms with Crippen molar-refractivity contribution in [2.24, 2.45) is 0 Å². The minimum atomic E-state index is -0.275. The highest BCUT2D eigenvalue weighted by Crippen LogP contribution is 2.29. The molecule has 1 aromatic carbocycles. The number of nitrogens with one attached hydrogen (secondary N) is 1. The van der Waals surface area contributed by atoms with Gasteiger partial charge in [-0.25, -0.2) is 0 Å². The molecule has 0 aliphatic heterocycles. The molecule has 0 saturated carbocycles. The van der Waals surface area contributed by atoms with Crippen molar-refractivity contribution in [3.8, 4) is 11.5 Å². The quantitative estimate of drug-likeness (QED) is 0.825. The average molecular weight is 258 g/mol. The minimum Gasteiger partial charge on any atom is -0.494 e. The van der Waals surface area contributed by atoms with Crippen molar-refractivity contribution in [2.75, 3.05) is 18.3 Å². The number of anilines is 1. The first-order chi connectivity index (χ1) is 8.06. The van der Waals surface area contributed by atoms with Crippen molar-refractivity contribution in [2.45, 2.75) is 20.0 Å². The second-order valence-corrected chi connectivity index (χ2v) is 3.98. The van der Waals surface area contributed by atoms with Gasteiger partial charge in [0.2, 0.25) is 5.91 Å². The third kappa shape index (κ3) is 4.15. The number of halogens is 1. The molecule has 0 fully saturated rings. The lowest BCUT2D eigenvalue weighted by Crippen LogP contribution is -2.13. The summed E-state index contributed by atoms with van der Waals surface area (Å²) in [5, 5.41) is 2.64. The van der Waals surface area contributed by atoms with Gasteiger partial charge in [0.1, 0.15) is 17.4 Å². The van der Waals surface area contributed by atoms with Crippen LogP contribution in [0.3, 0.4) is 0 Å². The lowest BCUT2D eigenvalue weighted by atomic mass is 10.2. The number of hydrogen-bond acceptors (Lipinski definition) is 3. The molecule has 0 saturated heterocycles. The first-order valence-electron chi connectivity index (χ1n) is 5.27. The van der Waals surface area contributed by atoms with E-state index in [1.807, 2.05) is 13.8 Å². The van der Waals surface area contributed by atoms with Crippen LogP contribution in [0.4, 0.5) is 5.69 Å². The number of alkyl halides is 1. The zero-order valence-corrected chi connectivity index (χ0v) is 10.9. The third-order valence-electron chi connectivity index (χ3n) is 1.94. The van der Waals surface area contributed by atoms with Gasteiger partial charge >= 0.3 is 0 Å². The summed E-state index contributed by atoms with van der Waals surface area (Å²) < 4.78 is 10.7. The molecule has 4 nitrogen and oxygen atoms in total. The maximum absolute atomic E-state index is 11.2. The van der Waals surface area contributed by atoms with Crippen LogP contribution in [0.25, 0.3) is 0 Å². The number of carbonyl (C=O) groups is 1. The Kier molecular flexibility index (Phi) is 5.10. The van der Waals surface area contributed by atoms with Crippen molar-refractivity contribution in [3.63, 3.8) is 0 Å². The number of ether oxygens (including phenoxy) is 2. The van der Waals surface area contributed by atoms with E-state index < -0.39 is 0 Å². The molecule has 17 heavy (non-hydrogen) atoms. The van der Waals surface area contributed by atoms with Crippen molar-refractivity contribution in [3.05, 3.63) is 18.2 Å². The van der Waals surface area contributed by atoms with Gasteiger partial charge in [-0.1, -0.05) is 0 Å². The van der Waals surface area contributed by atoms with Crippen LogP contribution in [0.5, 0.6) is 11.5 Å². The average Bonchev–Trinajstić information content (AvgIpc) is 2.30. The van der Waals surface area contributed by atoms with Gasteiger partial charge in [0, 0.05) is 6.07 Å². The summed E-state index contributed by atoms with van der Waals surface area (Å²) in [6, 6.07) is 5.22. The van der Waals surface area contributed by atoms with E-state index in [4.69, 9.17) is 21.1 Å². The molecule has 0 aromatic heterocycles. The highest BCUT2D eigenvalue weighted by molar-refractivity contribution is 6.29. The van der Waals surface area contributed by atoms with Crippen LogP contribution in [0.2, 0.25) is 0 Å². The summed E-state index contributed by atoms with van der Waals surface area (Å²) >= 11 is 5.42. The van der Waals surface area contributed by atoms with Crippen LogP contribution in [-0.4, -0.2) is 25.0 Å². The van der Waals surface area contributed by atoms with Gasteiger partial charge in [-0.15, -0.1) is 11.6 Å². The molecule has 0 radical (unpaired) electrons. The highest BCUT2D eigenvalue weighted by Gasteiger charge is 2.08. The summed E-state index contributed by atoms with van der Waals surface area (Å²) in [5.74, 6) is 0.873. The van der Waals surface area contributed by atoms with Crippen LogP contribution in [0, 0.1) is 0 Å². The van der Waals surface area contributed by atoms with E-state index in [1.165, 1.54) is 7.11 Å². The summed E-state index contributed by atoms with van der Waals surface area (Å²) in [7, 11) is 1.53. The van der Waals surface area contributed by atoms with Crippen LogP contribution < -0.4 is 14.8 Å². The first-order valence-corrected chi connectivity index (χ1v) is 5.80. The van der Waals surface area contributed by atoms with Crippen molar-refractivity contribution in [1.29, 1.82) is 0 Å². The van der Waals surface area contributed by atoms with E-state index in [0.29, 0.717) is 17.2 Å². The number of benzene rings is 1. The second-order valence-electron chi connectivity index (χ2n) is 3.71. The molecule has 1 rings (SSSR count). The Hall–Kier alpha value is -1.42. The number of rotatable bonds is 5. The van der Waals surface area contributed by atoms with Crippen LogP contribution in [-0.2, 0) is 4.79 Å². The molecular formula is C12H16ClNO3. The Labute approximate surface area is 106 Å². The maximum atomic E-state index is 11.2. The van der Waals surface area contributed by atoms with Gasteiger partial charge < -0.3 is 14.8 Å². The van der Waals surface area contributed by atoms with Crippen molar-refractivity contribution in [1.82, 2.24) is 0 Å². The fourth-order valence-corrected chi connectivity index (χ4v) is 1.37. The molecule has 0 spiro atoms. The number of amides is 1. The molecule has 0 aliphatic carbocycles. The van der Waals surface area contributed by atoms with Crippen molar-refractivity contribution < 1.29 is 14.3 Å². The fraction of sp³-hybridized carbons (Fsp3) is 0.417. The van der Waals surface area contributed by atoms with E-state index in [9.17, 15) is 4.79 Å². The molecular weight excluding hydrogens is 242 g/mol.